The van der Waals surface area contributed by atoms with Gasteiger partial charge in [-0.1, -0.05) is 0 Å². The number of benzene rings is 2. The average molecular weight is 300 g/mol. The number of methoxy groups -OCH3 is 1. The van der Waals surface area contributed by atoms with E-state index in [-0.39, 0.29) is 11.0 Å². The van der Waals surface area contributed by atoms with Gasteiger partial charge in [0.15, 0.2) is 23.2 Å². The first-order chi connectivity index (χ1) is 9.79. The second kappa shape index (κ2) is 5.39. The molecule has 0 aromatic heterocycles. The lowest BCUT2D eigenvalue weighted by molar-refractivity contribution is 0.383. The Hall–Kier alpha value is -2.05. The normalized spacial score (nSPS) is 10.8. The van der Waals surface area contributed by atoms with Crippen LogP contribution in [0.2, 0.25) is 0 Å². The van der Waals surface area contributed by atoms with E-state index >= 15 is 0 Å². The Kier molecular flexibility index (Phi) is 3.94. The number of halogens is 5. The summed E-state index contributed by atoms with van der Waals surface area (Å²) in [5.41, 5.74) is -1.88. The van der Waals surface area contributed by atoms with Crippen LogP contribution in [-0.4, -0.2) is 15.0 Å². The van der Waals surface area contributed by atoms with Crippen LogP contribution in [0.4, 0.5) is 22.0 Å². The van der Waals surface area contributed by atoms with Gasteiger partial charge in [-0.05, 0) is 24.0 Å². The summed E-state index contributed by atoms with van der Waals surface area (Å²) in [4.78, 5) is 0. The SMILES string of the molecule is Bc1c(F)c(F)c(-c2cc(C)c(F)cc2F)c(F)c1OC. The Balaban J connectivity index is 2.88. The smallest absolute Gasteiger partial charge is 0.175 e. The van der Waals surface area contributed by atoms with Crippen LogP contribution in [0, 0.1) is 36.0 Å². The van der Waals surface area contributed by atoms with E-state index in [0.29, 0.717) is 6.07 Å². The summed E-state index contributed by atoms with van der Waals surface area (Å²) in [5.74, 6) is -6.71. The maximum Gasteiger partial charge on any atom is 0.175 e. The third kappa shape index (κ3) is 2.37. The molecule has 0 fully saturated rings. The minimum Gasteiger partial charge on any atom is -0.494 e. The van der Waals surface area contributed by atoms with E-state index < -0.39 is 46.0 Å². The zero-order valence-corrected chi connectivity index (χ0v) is 11.5. The Morgan fingerprint density at radius 1 is 0.905 bits per heavy atom. The van der Waals surface area contributed by atoms with Crippen LogP contribution >= 0.6 is 0 Å². The molecule has 0 aliphatic rings. The molecule has 1 nitrogen and oxygen atoms in total. The fraction of sp³-hybridized carbons (Fsp3) is 0.143. The van der Waals surface area contributed by atoms with E-state index in [1.54, 1.807) is 0 Å². The van der Waals surface area contributed by atoms with Crippen LogP contribution in [-0.2, 0) is 0 Å². The highest BCUT2D eigenvalue weighted by molar-refractivity contribution is 6.34. The predicted octanol–water partition coefficient (Wildman–Crippen LogP) is 2.62. The monoisotopic (exact) mass is 300 g/mol. The van der Waals surface area contributed by atoms with Crippen molar-refractivity contribution in [2.75, 3.05) is 7.11 Å². The summed E-state index contributed by atoms with van der Waals surface area (Å²) in [6.45, 7) is 1.30. The molecule has 0 N–H and O–H groups in total. The second-order valence-corrected chi connectivity index (χ2v) is 4.56. The molecule has 0 saturated heterocycles. The summed E-state index contributed by atoms with van der Waals surface area (Å²) in [5, 5.41) is 0. The van der Waals surface area contributed by atoms with Gasteiger partial charge >= 0.3 is 0 Å². The summed E-state index contributed by atoms with van der Waals surface area (Å²) in [6.07, 6.45) is 0. The van der Waals surface area contributed by atoms with Gasteiger partial charge in [-0.2, -0.15) is 0 Å². The van der Waals surface area contributed by atoms with E-state index in [2.05, 4.69) is 4.74 Å². The summed E-state index contributed by atoms with van der Waals surface area (Å²) in [6, 6.07) is 1.41. The van der Waals surface area contributed by atoms with Crippen molar-refractivity contribution in [2.45, 2.75) is 6.92 Å². The molecule has 0 bridgehead atoms. The molecular weight excluding hydrogens is 290 g/mol. The van der Waals surface area contributed by atoms with E-state index in [0.717, 1.165) is 21.0 Å². The predicted molar refractivity (Wildman–Crippen MR) is 71.1 cm³/mol. The number of hydrogen-bond acceptors (Lipinski definition) is 1. The molecule has 0 saturated carbocycles. The molecule has 7 heteroatoms. The number of rotatable bonds is 2. The molecule has 0 radical (unpaired) electrons. The molecule has 110 valence electrons. The van der Waals surface area contributed by atoms with Crippen molar-refractivity contribution in [2.24, 2.45) is 0 Å². The molecule has 0 spiro atoms. The van der Waals surface area contributed by atoms with Crippen LogP contribution in [0.1, 0.15) is 5.56 Å². The molecule has 0 atom stereocenters. The van der Waals surface area contributed by atoms with E-state index in [9.17, 15) is 22.0 Å². The Labute approximate surface area is 118 Å². The van der Waals surface area contributed by atoms with Gasteiger partial charge in [0.1, 0.15) is 19.5 Å². The zero-order valence-electron chi connectivity index (χ0n) is 11.5. The molecule has 0 aliphatic heterocycles. The van der Waals surface area contributed by atoms with E-state index in [4.69, 9.17) is 0 Å². The first-order valence-electron chi connectivity index (χ1n) is 5.96. The maximum atomic E-state index is 14.3. The number of ether oxygens (including phenoxy) is 1. The molecule has 2 aromatic rings. The minimum absolute atomic E-state index is 0.0230. The van der Waals surface area contributed by atoms with Gasteiger partial charge in [0.05, 0.1) is 12.7 Å². The van der Waals surface area contributed by atoms with Crippen molar-refractivity contribution in [1.29, 1.82) is 0 Å². The number of hydrogen-bond donors (Lipinski definition) is 0. The third-order valence-corrected chi connectivity index (χ3v) is 3.22. The minimum atomic E-state index is -1.55. The summed E-state index contributed by atoms with van der Waals surface area (Å²) in [7, 11) is 2.22. The van der Waals surface area contributed by atoms with Gasteiger partial charge in [0, 0.05) is 11.6 Å². The molecule has 0 amide bonds. The lowest BCUT2D eigenvalue weighted by Crippen LogP contribution is -2.18. The summed E-state index contributed by atoms with van der Waals surface area (Å²) < 4.78 is 73.8. The topological polar surface area (TPSA) is 9.23 Å². The fourth-order valence-electron chi connectivity index (χ4n) is 2.08. The molecule has 2 aromatic carbocycles. The van der Waals surface area contributed by atoms with Gasteiger partial charge in [-0.25, -0.2) is 22.0 Å². The second-order valence-electron chi connectivity index (χ2n) is 4.56. The summed E-state index contributed by atoms with van der Waals surface area (Å²) >= 11 is 0. The molecule has 0 heterocycles. The Morgan fingerprint density at radius 3 is 2.10 bits per heavy atom. The van der Waals surface area contributed by atoms with Crippen molar-refractivity contribution >= 4 is 13.3 Å². The highest BCUT2D eigenvalue weighted by atomic mass is 19.2. The van der Waals surface area contributed by atoms with Gasteiger partial charge in [-0.3, -0.25) is 0 Å². The Morgan fingerprint density at radius 2 is 1.52 bits per heavy atom. The van der Waals surface area contributed by atoms with Gasteiger partial charge in [0.25, 0.3) is 0 Å². The molecule has 21 heavy (non-hydrogen) atoms. The Bertz CT molecular complexity index is 730. The molecule has 0 aliphatic carbocycles. The van der Waals surface area contributed by atoms with E-state index in [1.807, 2.05) is 0 Å². The lowest BCUT2D eigenvalue weighted by Gasteiger charge is -2.14. The first-order valence-corrected chi connectivity index (χ1v) is 5.96. The first kappa shape index (κ1) is 15.3. The van der Waals surface area contributed by atoms with Crippen LogP contribution < -0.4 is 10.2 Å². The fourth-order valence-corrected chi connectivity index (χ4v) is 2.08. The third-order valence-electron chi connectivity index (χ3n) is 3.22. The van der Waals surface area contributed by atoms with Gasteiger partial charge in [0.2, 0.25) is 0 Å². The highest BCUT2D eigenvalue weighted by Gasteiger charge is 2.26. The average Bonchev–Trinajstić information content (AvgIpc) is 2.43. The largest absolute Gasteiger partial charge is 0.494 e. The maximum absolute atomic E-state index is 14.3. The lowest BCUT2D eigenvalue weighted by atomic mass is 9.89. The van der Waals surface area contributed by atoms with Crippen molar-refractivity contribution in [3.63, 3.8) is 0 Å². The van der Waals surface area contributed by atoms with Crippen LogP contribution in [0.5, 0.6) is 5.75 Å². The standard InChI is InChI=1S/C14H10BF5O/c1-5-3-6(8(17)4-7(5)16)9-11(18)13(20)10(15)14(21-2)12(9)19/h3-4H,15H2,1-2H3. The quantitative estimate of drug-likeness (QED) is 0.471. The zero-order chi connectivity index (χ0) is 15.9. The highest BCUT2D eigenvalue weighted by Crippen LogP contribution is 2.34. The molecular formula is C14H10BF5O. The molecule has 2 rings (SSSR count). The van der Waals surface area contributed by atoms with Crippen LogP contribution in [0.3, 0.4) is 0 Å². The van der Waals surface area contributed by atoms with Crippen molar-refractivity contribution in [3.8, 4) is 16.9 Å². The van der Waals surface area contributed by atoms with Gasteiger partial charge < -0.3 is 4.74 Å². The van der Waals surface area contributed by atoms with Gasteiger partial charge in [-0.15, -0.1) is 0 Å². The van der Waals surface area contributed by atoms with Crippen LogP contribution in [0.15, 0.2) is 12.1 Å². The van der Waals surface area contributed by atoms with E-state index in [1.165, 1.54) is 6.92 Å². The van der Waals surface area contributed by atoms with Crippen LogP contribution in [0.25, 0.3) is 11.1 Å². The molecule has 0 unspecified atom stereocenters. The number of aryl methyl sites for hydroxylation is 1. The van der Waals surface area contributed by atoms with Crippen molar-refractivity contribution < 1.29 is 26.7 Å². The van der Waals surface area contributed by atoms with Crippen molar-refractivity contribution in [1.82, 2.24) is 0 Å². The van der Waals surface area contributed by atoms with Crippen molar-refractivity contribution in [3.05, 3.63) is 46.8 Å².